The van der Waals surface area contributed by atoms with Gasteiger partial charge in [0.15, 0.2) is 0 Å². The van der Waals surface area contributed by atoms with E-state index in [1.807, 2.05) is 42.5 Å². The van der Waals surface area contributed by atoms with Gasteiger partial charge in [0.1, 0.15) is 17.9 Å². The van der Waals surface area contributed by atoms with Crippen molar-refractivity contribution in [3.8, 4) is 5.75 Å². The predicted octanol–water partition coefficient (Wildman–Crippen LogP) is 4.99. The van der Waals surface area contributed by atoms with Gasteiger partial charge in [-0.05, 0) is 52.2 Å². The first kappa shape index (κ1) is 23.4. The molecular formula is C28H19N3O6. The lowest BCUT2D eigenvalue weighted by atomic mass is 10.1. The third-order valence-corrected chi connectivity index (χ3v) is 5.89. The number of nitrogens with zero attached hydrogens (tertiary/aromatic N) is 2. The van der Waals surface area contributed by atoms with Crippen LogP contribution in [0.25, 0.3) is 16.8 Å². The number of urea groups is 1. The van der Waals surface area contributed by atoms with Gasteiger partial charge in [-0.2, -0.15) is 0 Å². The number of amides is 4. The molecule has 0 saturated carbocycles. The summed E-state index contributed by atoms with van der Waals surface area (Å²) in [6.07, 6.45) is 1.37. The van der Waals surface area contributed by atoms with Crippen molar-refractivity contribution in [1.82, 2.24) is 5.32 Å². The molecule has 0 aromatic heterocycles. The molecule has 0 unspecified atom stereocenters. The van der Waals surface area contributed by atoms with Crippen LogP contribution in [0.15, 0.2) is 96.6 Å². The van der Waals surface area contributed by atoms with E-state index in [1.165, 1.54) is 30.3 Å². The minimum Gasteiger partial charge on any atom is -0.489 e. The Kier molecular flexibility index (Phi) is 6.17. The fourth-order valence-corrected chi connectivity index (χ4v) is 4.02. The fraction of sp³-hybridized carbons (Fsp3) is 0.0357. The molecule has 4 aromatic rings. The quantitative estimate of drug-likeness (QED) is 0.175. The first-order chi connectivity index (χ1) is 17.9. The Bertz CT molecular complexity index is 1570. The number of hydrogen-bond acceptors (Lipinski definition) is 6. The number of nitro benzene ring substituents is 1. The number of hydrogen-bond donors (Lipinski definition) is 1. The molecule has 1 fully saturated rings. The van der Waals surface area contributed by atoms with Gasteiger partial charge in [-0.25, -0.2) is 9.69 Å². The van der Waals surface area contributed by atoms with E-state index in [0.717, 1.165) is 21.2 Å². The third kappa shape index (κ3) is 4.78. The minimum atomic E-state index is -0.932. The van der Waals surface area contributed by atoms with E-state index in [-0.39, 0.29) is 16.9 Å². The molecule has 0 bridgehead atoms. The number of nitrogens with one attached hydrogen (secondary N) is 1. The van der Waals surface area contributed by atoms with Crippen molar-refractivity contribution in [2.24, 2.45) is 0 Å². The summed E-state index contributed by atoms with van der Waals surface area (Å²) in [6, 6.07) is 24.9. The number of fused-ring (bicyclic) bond motifs is 1. The number of nitro groups is 1. The Morgan fingerprint density at radius 2 is 1.57 bits per heavy atom. The van der Waals surface area contributed by atoms with Crippen LogP contribution in [0, 0.1) is 10.1 Å². The summed E-state index contributed by atoms with van der Waals surface area (Å²) in [5.41, 5.74) is 1.26. The van der Waals surface area contributed by atoms with E-state index < -0.39 is 22.8 Å². The molecule has 1 saturated heterocycles. The number of barbiturate groups is 1. The van der Waals surface area contributed by atoms with Gasteiger partial charge >= 0.3 is 6.03 Å². The summed E-state index contributed by atoms with van der Waals surface area (Å²) in [6.45, 7) is 0.370. The maximum atomic E-state index is 13.0. The highest BCUT2D eigenvalue weighted by Crippen LogP contribution is 2.25. The van der Waals surface area contributed by atoms with Crippen LogP contribution < -0.4 is 15.0 Å². The van der Waals surface area contributed by atoms with Gasteiger partial charge < -0.3 is 4.74 Å². The number of carbonyl (C=O) groups excluding carboxylic acids is 3. The molecule has 1 aliphatic heterocycles. The highest BCUT2D eigenvalue weighted by atomic mass is 16.6. The van der Waals surface area contributed by atoms with Crippen molar-refractivity contribution < 1.29 is 24.0 Å². The Balaban J connectivity index is 1.33. The van der Waals surface area contributed by atoms with Gasteiger partial charge in [-0.1, -0.05) is 54.6 Å². The molecule has 0 aliphatic carbocycles. The van der Waals surface area contributed by atoms with Crippen LogP contribution in [0.1, 0.15) is 11.1 Å². The third-order valence-electron chi connectivity index (χ3n) is 5.89. The van der Waals surface area contributed by atoms with E-state index in [9.17, 15) is 24.5 Å². The van der Waals surface area contributed by atoms with Crippen molar-refractivity contribution in [3.63, 3.8) is 0 Å². The van der Waals surface area contributed by atoms with Crippen molar-refractivity contribution in [3.05, 3.63) is 118 Å². The zero-order chi connectivity index (χ0) is 25.9. The Labute approximate surface area is 210 Å². The van der Waals surface area contributed by atoms with Crippen molar-refractivity contribution in [2.45, 2.75) is 6.61 Å². The summed E-state index contributed by atoms with van der Waals surface area (Å²) < 4.78 is 5.94. The van der Waals surface area contributed by atoms with E-state index in [0.29, 0.717) is 17.9 Å². The lowest BCUT2D eigenvalue weighted by Crippen LogP contribution is -2.54. The summed E-state index contributed by atoms with van der Waals surface area (Å²) >= 11 is 0. The molecule has 37 heavy (non-hydrogen) atoms. The van der Waals surface area contributed by atoms with Crippen LogP contribution in [0.3, 0.4) is 0 Å². The highest BCUT2D eigenvalue weighted by Gasteiger charge is 2.36. The van der Waals surface area contributed by atoms with Gasteiger partial charge in [0.25, 0.3) is 17.5 Å². The summed E-state index contributed by atoms with van der Waals surface area (Å²) in [5.74, 6) is -1.06. The van der Waals surface area contributed by atoms with Crippen molar-refractivity contribution in [1.29, 1.82) is 0 Å². The maximum absolute atomic E-state index is 13.0. The first-order valence-electron chi connectivity index (χ1n) is 11.3. The molecule has 1 N–H and O–H groups in total. The van der Waals surface area contributed by atoms with Gasteiger partial charge in [-0.15, -0.1) is 0 Å². The largest absolute Gasteiger partial charge is 0.489 e. The lowest BCUT2D eigenvalue weighted by Gasteiger charge is -2.26. The average molecular weight is 493 g/mol. The first-order valence-corrected chi connectivity index (χ1v) is 11.3. The average Bonchev–Trinajstić information content (AvgIpc) is 2.90. The minimum absolute atomic E-state index is 0.101. The molecule has 0 spiro atoms. The van der Waals surface area contributed by atoms with E-state index >= 15 is 0 Å². The number of benzene rings is 4. The van der Waals surface area contributed by atoms with Gasteiger partial charge in [-0.3, -0.25) is 25.0 Å². The zero-order valence-electron chi connectivity index (χ0n) is 19.3. The SMILES string of the molecule is O=C1NC(=O)N(c2ccc([N+](=O)[O-])cc2)C(=O)/C1=C/c1ccc(OCc2cccc3ccccc23)cc1. The summed E-state index contributed by atoms with van der Waals surface area (Å²) in [7, 11) is 0. The highest BCUT2D eigenvalue weighted by molar-refractivity contribution is 6.39. The van der Waals surface area contributed by atoms with Crippen LogP contribution >= 0.6 is 0 Å². The number of rotatable bonds is 6. The molecule has 5 rings (SSSR count). The van der Waals surface area contributed by atoms with E-state index in [2.05, 4.69) is 5.32 Å². The van der Waals surface area contributed by atoms with Crippen molar-refractivity contribution in [2.75, 3.05) is 4.90 Å². The molecule has 0 radical (unpaired) electrons. The number of non-ortho nitro benzene ring substituents is 1. The van der Waals surface area contributed by atoms with Crippen LogP contribution in [0.2, 0.25) is 0 Å². The second kappa shape index (κ2) is 9.74. The summed E-state index contributed by atoms with van der Waals surface area (Å²) in [5, 5.41) is 15.3. The molecule has 0 atom stereocenters. The molecule has 4 amide bonds. The molecular weight excluding hydrogens is 474 g/mol. The van der Waals surface area contributed by atoms with Gasteiger partial charge in [0.2, 0.25) is 0 Å². The van der Waals surface area contributed by atoms with Crippen molar-refractivity contribution >= 4 is 46.1 Å². The number of ether oxygens (including phenoxy) is 1. The Morgan fingerprint density at radius 3 is 2.30 bits per heavy atom. The fourth-order valence-electron chi connectivity index (χ4n) is 4.02. The predicted molar refractivity (Wildman–Crippen MR) is 137 cm³/mol. The second-order valence-electron chi connectivity index (χ2n) is 8.23. The zero-order valence-corrected chi connectivity index (χ0v) is 19.3. The molecule has 9 nitrogen and oxygen atoms in total. The summed E-state index contributed by atoms with van der Waals surface area (Å²) in [4.78, 5) is 48.8. The Morgan fingerprint density at radius 1 is 0.865 bits per heavy atom. The standard InChI is InChI=1S/C28H19N3O6/c32-26-25(27(33)30(28(34)29-26)21-10-12-22(13-11-21)31(35)36)16-18-8-14-23(15-9-18)37-17-20-6-3-5-19-4-1-2-7-24(19)20/h1-16H,17H2,(H,29,32,34)/b25-16+. The molecule has 1 heterocycles. The monoisotopic (exact) mass is 493 g/mol. The Hall–Kier alpha value is -5.31. The molecule has 1 aliphatic rings. The van der Waals surface area contributed by atoms with E-state index in [1.54, 1.807) is 24.3 Å². The van der Waals surface area contributed by atoms with E-state index in [4.69, 9.17) is 4.74 Å². The number of anilines is 1. The topological polar surface area (TPSA) is 119 Å². The van der Waals surface area contributed by atoms with Crippen LogP contribution in [0.5, 0.6) is 5.75 Å². The van der Waals surface area contributed by atoms with Crippen LogP contribution in [0.4, 0.5) is 16.2 Å². The number of carbonyl (C=O) groups is 3. The molecule has 9 heteroatoms. The van der Waals surface area contributed by atoms with Gasteiger partial charge in [0.05, 0.1) is 10.6 Å². The van der Waals surface area contributed by atoms with Crippen LogP contribution in [-0.4, -0.2) is 22.8 Å². The maximum Gasteiger partial charge on any atom is 0.335 e. The lowest BCUT2D eigenvalue weighted by molar-refractivity contribution is -0.384. The normalized spacial score (nSPS) is 14.6. The number of imide groups is 2. The molecule has 182 valence electrons. The molecule has 4 aromatic carbocycles. The van der Waals surface area contributed by atoms with Crippen LogP contribution in [-0.2, 0) is 16.2 Å². The second-order valence-corrected chi connectivity index (χ2v) is 8.23. The van der Waals surface area contributed by atoms with Gasteiger partial charge in [0, 0.05) is 12.1 Å². The smallest absolute Gasteiger partial charge is 0.335 e.